The number of cyclic esters (lactones) is 4. The van der Waals surface area contributed by atoms with Crippen LogP contribution >= 0.6 is 0 Å². The van der Waals surface area contributed by atoms with Crippen LogP contribution < -0.4 is 0 Å². The lowest BCUT2D eigenvalue weighted by molar-refractivity contribution is -0.154. The van der Waals surface area contributed by atoms with Crippen molar-refractivity contribution in [3.63, 3.8) is 0 Å². The number of hydrogen-bond donors (Lipinski definition) is 0. The fourth-order valence-electron chi connectivity index (χ4n) is 1.43. The molecule has 2 rings (SSSR count). The number of carbonyl (C=O) groups is 2. The van der Waals surface area contributed by atoms with Gasteiger partial charge in [0.05, 0.1) is 13.2 Å². The van der Waals surface area contributed by atoms with Crippen LogP contribution in [0, 0.1) is 0 Å². The lowest BCUT2D eigenvalue weighted by Gasteiger charge is -2.16. The molecule has 102 valence electrons. The van der Waals surface area contributed by atoms with Crippen LogP contribution in [0.5, 0.6) is 0 Å². The highest BCUT2D eigenvalue weighted by atomic mass is 16.8. The van der Waals surface area contributed by atoms with Crippen molar-refractivity contribution < 1.29 is 38.0 Å². The summed E-state index contributed by atoms with van der Waals surface area (Å²) >= 11 is 0. The SMILES string of the molecule is CC(OCC1COC(=O)O1)OCC1COC(=O)O1. The van der Waals surface area contributed by atoms with Crippen molar-refractivity contribution in [2.75, 3.05) is 26.4 Å². The van der Waals surface area contributed by atoms with Crippen LogP contribution in [-0.4, -0.2) is 57.2 Å². The van der Waals surface area contributed by atoms with Crippen molar-refractivity contribution in [1.29, 1.82) is 0 Å². The van der Waals surface area contributed by atoms with Crippen LogP contribution in [0.2, 0.25) is 0 Å². The van der Waals surface area contributed by atoms with E-state index in [1.807, 2.05) is 0 Å². The standard InChI is InChI=1S/C10H14O8/c1-6(13-2-7-4-15-9(11)17-7)14-3-8-5-16-10(12)18-8/h6-8H,2-5H2,1H3. The molecule has 0 aromatic rings. The van der Waals surface area contributed by atoms with Gasteiger partial charge in [0.15, 0.2) is 18.5 Å². The summed E-state index contributed by atoms with van der Waals surface area (Å²) in [7, 11) is 0. The molecule has 0 saturated carbocycles. The molecule has 2 aliphatic rings. The molecule has 0 N–H and O–H groups in total. The molecule has 2 unspecified atom stereocenters. The molecule has 2 fully saturated rings. The van der Waals surface area contributed by atoms with Crippen molar-refractivity contribution in [3.05, 3.63) is 0 Å². The molecule has 8 nitrogen and oxygen atoms in total. The zero-order chi connectivity index (χ0) is 13.0. The minimum absolute atomic E-state index is 0.180. The highest BCUT2D eigenvalue weighted by molar-refractivity contribution is 5.62. The summed E-state index contributed by atoms with van der Waals surface area (Å²) < 4.78 is 29.3. The van der Waals surface area contributed by atoms with E-state index in [1.165, 1.54) is 0 Å². The van der Waals surface area contributed by atoms with Gasteiger partial charge in [-0.3, -0.25) is 0 Å². The lowest BCUT2D eigenvalue weighted by Crippen LogP contribution is -2.27. The summed E-state index contributed by atoms with van der Waals surface area (Å²) in [6.07, 6.45) is -2.70. The van der Waals surface area contributed by atoms with Crippen LogP contribution in [0.4, 0.5) is 9.59 Å². The summed E-state index contributed by atoms with van der Waals surface area (Å²) in [6, 6.07) is 0. The van der Waals surface area contributed by atoms with E-state index in [1.54, 1.807) is 6.92 Å². The van der Waals surface area contributed by atoms with Gasteiger partial charge in [0, 0.05) is 0 Å². The Kier molecular flexibility index (Phi) is 4.21. The van der Waals surface area contributed by atoms with E-state index < -0.39 is 30.8 Å². The third-order valence-corrected chi connectivity index (χ3v) is 2.33. The molecule has 2 saturated heterocycles. The Hall–Kier alpha value is -1.54. The Bertz CT molecular complexity index is 287. The summed E-state index contributed by atoms with van der Waals surface area (Å²) in [5, 5.41) is 0. The Morgan fingerprint density at radius 3 is 1.83 bits per heavy atom. The van der Waals surface area contributed by atoms with Crippen LogP contribution in [0.25, 0.3) is 0 Å². The zero-order valence-electron chi connectivity index (χ0n) is 9.83. The lowest BCUT2D eigenvalue weighted by atomic mass is 10.4. The average molecular weight is 262 g/mol. The first-order valence-corrected chi connectivity index (χ1v) is 5.53. The van der Waals surface area contributed by atoms with Crippen LogP contribution in [-0.2, 0) is 28.4 Å². The van der Waals surface area contributed by atoms with Gasteiger partial charge < -0.3 is 28.4 Å². The Balaban J connectivity index is 1.56. The third-order valence-electron chi connectivity index (χ3n) is 2.33. The molecule has 2 heterocycles. The molecule has 0 aromatic carbocycles. The second kappa shape index (κ2) is 5.87. The molecule has 0 bridgehead atoms. The van der Waals surface area contributed by atoms with Gasteiger partial charge in [-0.25, -0.2) is 9.59 Å². The van der Waals surface area contributed by atoms with E-state index in [4.69, 9.17) is 18.9 Å². The van der Waals surface area contributed by atoms with E-state index in [-0.39, 0.29) is 26.4 Å². The number of rotatable bonds is 6. The summed E-state index contributed by atoms with van der Waals surface area (Å²) in [5.41, 5.74) is 0. The van der Waals surface area contributed by atoms with E-state index >= 15 is 0 Å². The predicted octanol–water partition coefficient (Wildman–Crippen LogP) is 0.436. The first-order chi connectivity index (χ1) is 8.63. The topological polar surface area (TPSA) is 89.5 Å². The third kappa shape index (κ3) is 3.74. The molecular formula is C10H14O8. The van der Waals surface area contributed by atoms with Gasteiger partial charge in [0.25, 0.3) is 0 Å². The summed E-state index contributed by atoms with van der Waals surface area (Å²) in [6.45, 7) is 2.43. The smallest absolute Gasteiger partial charge is 0.430 e. The minimum Gasteiger partial charge on any atom is -0.430 e. The molecule has 0 spiro atoms. The molecule has 0 radical (unpaired) electrons. The largest absolute Gasteiger partial charge is 0.508 e. The van der Waals surface area contributed by atoms with Crippen LogP contribution in [0.15, 0.2) is 0 Å². The quantitative estimate of drug-likeness (QED) is 0.503. The van der Waals surface area contributed by atoms with Gasteiger partial charge in [-0.2, -0.15) is 0 Å². The van der Waals surface area contributed by atoms with Gasteiger partial charge in [0.2, 0.25) is 0 Å². The Morgan fingerprint density at radius 1 is 1.06 bits per heavy atom. The number of carbonyl (C=O) groups excluding carboxylic acids is 2. The van der Waals surface area contributed by atoms with Crippen molar-refractivity contribution in [2.45, 2.75) is 25.4 Å². The van der Waals surface area contributed by atoms with Crippen LogP contribution in [0.3, 0.4) is 0 Å². The highest BCUT2D eigenvalue weighted by Gasteiger charge is 2.27. The Labute approximate surface area is 103 Å². The monoisotopic (exact) mass is 262 g/mol. The fourth-order valence-corrected chi connectivity index (χ4v) is 1.43. The first-order valence-electron chi connectivity index (χ1n) is 5.53. The fraction of sp³-hybridized carbons (Fsp3) is 0.800. The maximum absolute atomic E-state index is 10.6. The molecular weight excluding hydrogens is 248 g/mol. The van der Waals surface area contributed by atoms with Crippen molar-refractivity contribution in [2.24, 2.45) is 0 Å². The number of hydrogen-bond acceptors (Lipinski definition) is 8. The second-order valence-electron chi connectivity index (χ2n) is 3.84. The average Bonchev–Trinajstić information content (AvgIpc) is 2.93. The summed E-state index contributed by atoms with van der Waals surface area (Å²) in [4.78, 5) is 21.3. The molecule has 0 aromatic heterocycles. The van der Waals surface area contributed by atoms with Gasteiger partial charge >= 0.3 is 12.3 Å². The molecule has 2 aliphatic heterocycles. The molecule has 0 aliphatic carbocycles. The molecule has 0 amide bonds. The number of ether oxygens (including phenoxy) is 6. The maximum atomic E-state index is 10.6. The first kappa shape index (κ1) is 12.9. The molecule has 18 heavy (non-hydrogen) atoms. The highest BCUT2D eigenvalue weighted by Crippen LogP contribution is 2.10. The Morgan fingerprint density at radius 2 is 1.50 bits per heavy atom. The van der Waals surface area contributed by atoms with E-state index in [9.17, 15) is 9.59 Å². The molecule has 8 heteroatoms. The molecule has 2 atom stereocenters. The van der Waals surface area contributed by atoms with Gasteiger partial charge in [-0.1, -0.05) is 0 Å². The van der Waals surface area contributed by atoms with Gasteiger partial charge in [-0.15, -0.1) is 0 Å². The van der Waals surface area contributed by atoms with Gasteiger partial charge in [-0.05, 0) is 6.92 Å². The van der Waals surface area contributed by atoms with Crippen molar-refractivity contribution in [1.82, 2.24) is 0 Å². The van der Waals surface area contributed by atoms with E-state index in [2.05, 4.69) is 9.47 Å². The van der Waals surface area contributed by atoms with Crippen molar-refractivity contribution in [3.8, 4) is 0 Å². The predicted molar refractivity (Wildman–Crippen MR) is 53.8 cm³/mol. The van der Waals surface area contributed by atoms with Crippen molar-refractivity contribution >= 4 is 12.3 Å². The van der Waals surface area contributed by atoms with Gasteiger partial charge in [0.1, 0.15) is 13.2 Å². The minimum atomic E-state index is -0.688. The van der Waals surface area contributed by atoms with Crippen LogP contribution in [0.1, 0.15) is 6.92 Å². The van der Waals surface area contributed by atoms with E-state index in [0.717, 1.165) is 0 Å². The zero-order valence-corrected chi connectivity index (χ0v) is 9.83. The maximum Gasteiger partial charge on any atom is 0.508 e. The summed E-state index contributed by atoms with van der Waals surface area (Å²) in [5.74, 6) is 0. The van der Waals surface area contributed by atoms with E-state index in [0.29, 0.717) is 0 Å². The second-order valence-corrected chi connectivity index (χ2v) is 3.84. The normalized spacial score (nSPS) is 28.3.